The lowest BCUT2D eigenvalue weighted by Crippen LogP contribution is -2.41. The number of ether oxygens (including phenoxy) is 1. The maximum Gasteiger partial charge on any atom is 0.325 e. The van der Waals surface area contributed by atoms with Crippen molar-refractivity contribution in [3.8, 4) is 5.75 Å². The molecule has 3 aromatic rings. The normalized spacial score (nSPS) is 18.9. The lowest BCUT2D eigenvalue weighted by Gasteiger charge is -2.22. The highest BCUT2D eigenvalue weighted by atomic mass is 16.5. The molecule has 0 spiro atoms. The molecule has 148 valence electrons. The van der Waals surface area contributed by atoms with Gasteiger partial charge in [-0.15, -0.1) is 0 Å². The number of urea groups is 1. The molecule has 29 heavy (non-hydrogen) atoms. The average Bonchev–Trinajstić information content (AvgIpc) is 3.16. The van der Waals surface area contributed by atoms with Crippen LogP contribution in [-0.4, -0.2) is 41.3 Å². The first-order valence-electron chi connectivity index (χ1n) is 9.24. The van der Waals surface area contributed by atoms with Crippen LogP contribution in [0, 0.1) is 6.92 Å². The van der Waals surface area contributed by atoms with E-state index in [1.165, 1.54) is 0 Å². The molecule has 0 bridgehead atoms. The number of hydrogen-bond donors (Lipinski definition) is 2. The Morgan fingerprint density at radius 2 is 1.79 bits per heavy atom. The fraction of sp³-hybridized carbons (Fsp3) is 0.227. The van der Waals surface area contributed by atoms with Crippen molar-refractivity contribution in [2.75, 3.05) is 13.7 Å². The number of hydrogen-bond acceptors (Lipinski definition) is 4. The van der Waals surface area contributed by atoms with Gasteiger partial charge in [0.05, 0.1) is 13.7 Å². The van der Waals surface area contributed by atoms with Gasteiger partial charge in [-0.3, -0.25) is 14.5 Å². The second-order valence-corrected chi connectivity index (χ2v) is 7.27. The van der Waals surface area contributed by atoms with Gasteiger partial charge in [0, 0.05) is 22.2 Å². The van der Waals surface area contributed by atoms with Gasteiger partial charge < -0.3 is 15.0 Å². The zero-order valence-electron chi connectivity index (χ0n) is 16.4. The van der Waals surface area contributed by atoms with E-state index in [1.54, 1.807) is 45.2 Å². The van der Waals surface area contributed by atoms with E-state index in [-0.39, 0.29) is 12.3 Å². The summed E-state index contributed by atoms with van der Waals surface area (Å²) in [6.07, 6.45) is 0. The summed E-state index contributed by atoms with van der Waals surface area (Å²) < 4.78 is 5.14. The molecule has 1 fully saturated rings. The van der Waals surface area contributed by atoms with Crippen LogP contribution in [0.1, 0.15) is 28.5 Å². The van der Waals surface area contributed by atoms with Crippen LogP contribution in [0.15, 0.2) is 48.5 Å². The largest absolute Gasteiger partial charge is 0.497 e. The van der Waals surface area contributed by atoms with Crippen LogP contribution in [0.2, 0.25) is 0 Å². The highest BCUT2D eigenvalue weighted by Crippen LogP contribution is 2.31. The summed E-state index contributed by atoms with van der Waals surface area (Å²) in [6.45, 7) is 3.12. The Kier molecular flexibility index (Phi) is 4.38. The van der Waals surface area contributed by atoms with E-state index in [1.807, 2.05) is 24.3 Å². The number of ketones is 1. The second kappa shape index (κ2) is 6.77. The van der Waals surface area contributed by atoms with E-state index in [0.29, 0.717) is 22.6 Å². The summed E-state index contributed by atoms with van der Waals surface area (Å²) in [5.41, 5.74) is 1.43. The molecule has 1 unspecified atom stereocenters. The van der Waals surface area contributed by atoms with Gasteiger partial charge >= 0.3 is 6.03 Å². The van der Waals surface area contributed by atoms with Crippen molar-refractivity contribution in [1.82, 2.24) is 15.2 Å². The number of aromatic amines is 1. The van der Waals surface area contributed by atoms with Gasteiger partial charge in [0.15, 0.2) is 5.78 Å². The maximum absolute atomic E-state index is 13.1. The summed E-state index contributed by atoms with van der Waals surface area (Å²) >= 11 is 0. The highest BCUT2D eigenvalue weighted by Gasteiger charge is 2.49. The van der Waals surface area contributed by atoms with Crippen LogP contribution in [0.25, 0.3) is 10.9 Å². The van der Waals surface area contributed by atoms with Crippen molar-refractivity contribution < 1.29 is 19.1 Å². The summed E-state index contributed by atoms with van der Waals surface area (Å²) in [5.74, 6) is -0.100. The average molecular weight is 391 g/mol. The lowest BCUT2D eigenvalue weighted by atomic mass is 9.92. The Hall–Kier alpha value is -3.61. The first-order valence-corrected chi connectivity index (χ1v) is 9.24. The molecule has 0 saturated carbocycles. The molecule has 1 atom stereocenters. The predicted octanol–water partition coefficient (Wildman–Crippen LogP) is 3.13. The molecular formula is C22H21N3O4. The van der Waals surface area contributed by atoms with Gasteiger partial charge in [-0.1, -0.05) is 30.3 Å². The summed E-state index contributed by atoms with van der Waals surface area (Å²) in [5, 5.41) is 3.50. The predicted molar refractivity (Wildman–Crippen MR) is 108 cm³/mol. The topological polar surface area (TPSA) is 91.5 Å². The van der Waals surface area contributed by atoms with Crippen LogP contribution in [0.4, 0.5) is 4.79 Å². The van der Waals surface area contributed by atoms with Crippen molar-refractivity contribution >= 4 is 28.6 Å². The molecule has 7 heteroatoms. The smallest absolute Gasteiger partial charge is 0.325 e. The number of H-pyrrole nitrogens is 1. The third-order valence-electron chi connectivity index (χ3n) is 5.42. The van der Waals surface area contributed by atoms with E-state index in [2.05, 4.69) is 10.3 Å². The Bertz CT molecular complexity index is 1130. The van der Waals surface area contributed by atoms with E-state index in [4.69, 9.17) is 4.74 Å². The minimum absolute atomic E-state index is 0.289. The van der Waals surface area contributed by atoms with Gasteiger partial charge in [0.2, 0.25) is 0 Å². The molecule has 1 aliphatic rings. The number of Topliss-reactive ketones (excluding diaryl/α,β-unsaturated/α-hetero) is 1. The van der Waals surface area contributed by atoms with Crippen molar-refractivity contribution in [3.63, 3.8) is 0 Å². The SMILES string of the molecule is COc1ccc(C2(C)NC(=O)N(CC(=O)c3c(C)[nH]c4ccccc34)C2=O)cc1. The van der Waals surface area contributed by atoms with Crippen LogP contribution in [0.5, 0.6) is 5.75 Å². The third kappa shape index (κ3) is 2.95. The summed E-state index contributed by atoms with van der Waals surface area (Å²) in [7, 11) is 1.55. The monoisotopic (exact) mass is 391 g/mol. The first kappa shape index (κ1) is 18.7. The maximum atomic E-state index is 13.1. The lowest BCUT2D eigenvalue weighted by molar-refractivity contribution is -0.130. The van der Waals surface area contributed by atoms with Crippen molar-refractivity contribution in [2.24, 2.45) is 0 Å². The number of nitrogens with one attached hydrogen (secondary N) is 2. The zero-order valence-corrected chi connectivity index (χ0v) is 16.4. The Balaban J connectivity index is 1.62. The highest BCUT2D eigenvalue weighted by molar-refractivity contribution is 6.15. The molecule has 1 aromatic heterocycles. The minimum Gasteiger partial charge on any atom is -0.497 e. The van der Waals surface area contributed by atoms with E-state index in [9.17, 15) is 14.4 Å². The number of nitrogens with zero attached hydrogens (tertiary/aromatic N) is 1. The van der Waals surface area contributed by atoms with Gasteiger partial charge in [-0.25, -0.2) is 4.79 Å². The molecule has 4 rings (SSSR count). The fourth-order valence-corrected chi connectivity index (χ4v) is 3.82. The zero-order chi connectivity index (χ0) is 20.8. The molecule has 1 aliphatic heterocycles. The molecule has 2 N–H and O–H groups in total. The first-order chi connectivity index (χ1) is 13.8. The molecular weight excluding hydrogens is 370 g/mol. The number of carbonyl (C=O) groups excluding carboxylic acids is 3. The number of methoxy groups -OCH3 is 1. The number of aryl methyl sites for hydroxylation is 1. The standard InChI is InChI=1S/C22H21N3O4/c1-13-19(16-6-4-5-7-17(16)23-13)18(26)12-25-20(27)22(2,24-21(25)28)14-8-10-15(29-3)11-9-14/h4-11,23H,12H2,1-3H3,(H,24,28). The van der Waals surface area contributed by atoms with Crippen molar-refractivity contribution in [2.45, 2.75) is 19.4 Å². The number of amides is 3. The third-order valence-corrected chi connectivity index (χ3v) is 5.42. The number of rotatable bonds is 5. The summed E-state index contributed by atoms with van der Waals surface area (Å²) in [4.78, 5) is 42.8. The molecule has 3 amide bonds. The number of fused-ring (bicyclic) bond motifs is 1. The van der Waals surface area contributed by atoms with Gasteiger partial charge in [0.25, 0.3) is 5.91 Å². The van der Waals surface area contributed by atoms with Crippen LogP contribution >= 0.6 is 0 Å². The molecule has 2 aromatic carbocycles. The number of para-hydroxylation sites is 1. The molecule has 7 nitrogen and oxygen atoms in total. The number of benzene rings is 2. The van der Waals surface area contributed by atoms with Gasteiger partial charge in [-0.05, 0) is 37.6 Å². The molecule has 1 saturated heterocycles. The molecule has 2 heterocycles. The molecule has 0 aliphatic carbocycles. The second-order valence-electron chi connectivity index (χ2n) is 7.27. The van der Waals surface area contributed by atoms with E-state index in [0.717, 1.165) is 15.8 Å². The molecule has 0 radical (unpaired) electrons. The fourth-order valence-electron chi connectivity index (χ4n) is 3.82. The number of carbonyl (C=O) groups is 3. The van der Waals surface area contributed by atoms with E-state index < -0.39 is 17.5 Å². The minimum atomic E-state index is -1.24. The quantitative estimate of drug-likeness (QED) is 0.516. The van der Waals surface area contributed by atoms with Gasteiger partial charge in [-0.2, -0.15) is 0 Å². The van der Waals surface area contributed by atoms with Crippen LogP contribution < -0.4 is 10.1 Å². The Morgan fingerprint density at radius 1 is 1.10 bits per heavy atom. The van der Waals surface area contributed by atoms with Crippen molar-refractivity contribution in [3.05, 3.63) is 65.4 Å². The summed E-state index contributed by atoms with van der Waals surface area (Å²) in [6, 6.07) is 13.8. The van der Waals surface area contributed by atoms with Crippen LogP contribution in [-0.2, 0) is 10.3 Å². The Morgan fingerprint density at radius 3 is 2.48 bits per heavy atom. The number of imide groups is 1. The van der Waals surface area contributed by atoms with Crippen LogP contribution in [0.3, 0.4) is 0 Å². The van der Waals surface area contributed by atoms with Crippen molar-refractivity contribution in [1.29, 1.82) is 0 Å². The van der Waals surface area contributed by atoms with Gasteiger partial charge in [0.1, 0.15) is 11.3 Å². The number of aromatic nitrogens is 1. The Labute approximate surface area is 167 Å². The van der Waals surface area contributed by atoms with E-state index >= 15 is 0 Å².